The molecule has 0 amide bonds. The van der Waals surface area contributed by atoms with Crippen molar-refractivity contribution in [2.24, 2.45) is 0 Å². The van der Waals surface area contributed by atoms with Crippen LogP contribution in [0.3, 0.4) is 0 Å². The number of aromatic nitrogens is 5. The molecule has 0 atom stereocenters. The lowest BCUT2D eigenvalue weighted by Gasteiger charge is -2.27. The molecule has 6 heteroatoms. The van der Waals surface area contributed by atoms with Gasteiger partial charge in [0, 0.05) is 59.1 Å². The van der Waals surface area contributed by atoms with E-state index in [9.17, 15) is 0 Å². The first-order valence-electron chi connectivity index (χ1n) is 13.3. The van der Waals surface area contributed by atoms with Gasteiger partial charge in [-0.05, 0) is 62.4 Å². The van der Waals surface area contributed by atoms with Crippen LogP contribution in [0.1, 0.15) is 53.2 Å². The zero-order chi connectivity index (χ0) is 25.7. The number of hydrogen-bond acceptors (Lipinski definition) is 4. The van der Waals surface area contributed by atoms with E-state index in [1.165, 1.54) is 55.8 Å². The molecule has 6 rings (SSSR count). The Morgan fingerprint density at radius 3 is 2.35 bits per heavy atom. The van der Waals surface area contributed by atoms with Crippen molar-refractivity contribution in [1.29, 1.82) is 0 Å². The van der Waals surface area contributed by atoms with Gasteiger partial charge in [0.2, 0.25) is 5.95 Å². The first-order chi connectivity index (χ1) is 18.0. The van der Waals surface area contributed by atoms with Gasteiger partial charge in [0.15, 0.2) is 0 Å². The summed E-state index contributed by atoms with van der Waals surface area (Å²) in [5.41, 5.74) is 13.2. The second-order valence-electron chi connectivity index (χ2n) is 10.1. The van der Waals surface area contributed by atoms with Crippen LogP contribution in [-0.4, -0.2) is 31.3 Å². The highest BCUT2D eigenvalue weighted by Gasteiger charge is 2.29. The summed E-state index contributed by atoms with van der Waals surface area (Å²) in [5.74, 6) is 0.806. The van der Waals surface area contributed by atoms with Gasteiger partial charge in [-0.25, -0.2) is 14.6 Å². The molecule has 0 bridgehead atoms. The van der Waals surface area contributed by atoms with Crippen LogP contribution in [-0.2, 0) is 25.8 Å². The van der Waals surface area contributed by atoms with Gasteiger partial charge < -0.3 is 9.88 Å². The number of anilines is 1. The van der Waals surface area contributed by atoms with Crippen LogP contribution >= 0.6 is 0 Å². The van der Waals surface area contributed by atoms with E-state index in [0.717, 1.165) is 49.7 Å². The molecule has 1 aliphatic heterocycles. The van der Waals surface area contributed by atoms with Gasteiger partial charge in [-0.15, -0.1) is 0 Å². The molecule has 0 unspecified atom stereocenters. The first-order valence-corrected chi connectivity index (χ1v) is 13.3. The molecule has 0 spiro atoms. The summed E-state index contributed by atoms with van der Waals surface area (Å²) in [4.78, 5) is 15.4. The zero-order valence-electron chi connectivity index (χ0n) is 22.4. The van der Waals surface area contributed by atoms with Crippen molar-refractivity contribution in [1.82, 2.24) is 24.7 Å². The molecular weight excluding hydrogens is 456 g/mol. The summed E-state index contributed by atoms with van der Waals surface area (Å²) >= 11 is 0. The molecule has 0 aliphatic carbocycles. The molecule has 188 valence electrons. The van der Waals surface area contributed by atoms with Gasteiger partial charge in [-0.3, -0.25) is 0 Å². The molecule has 5 aromatic rings. The summed E-state index contributed by atoms with van der Waals surface area (Å²) < 4.78 is 2.26. The number of aromatic amines is 1. The fourth-order valence-electron chi connectivity index (χ4n) is 5.83. The molecule has 1 N–H and O–H groups in total. The fourth-order valence-corrected chi connectivity index (χ4v) is 5.83. The predicted octanol–water partition coefficient (Wildman–Crippen LogP) is 6.42. The SMILES string of the molecule is CCc1cccc(CC)c1-n1nc2c(c1-c1ccc(C)c3[nH]ccc13)CN(c1nc(C)cc(C)n1)CC2. The van der Waals surface area contributed by atoms with E-state index in [-0.39, 0.29) is 0 Å². The van der Waals surface area contributed by atoms with Gasteiger partial charge in [0.05, 0.1) is 17.1 Å². The highest BCUT2D eigenvalue weighted by Crippen LogP contribution is 2.39. The Hall–Kier alpha value is -3.93. The highest BCUT2D eigenvalue weighted by atomic mass is 15.3. The topological polar surface area (TPSA) is 62.6 Å². The van der Waals surface area contributed by atoms with Crippen LogP contribution in [0.2, 0.25) is 0 Å². The number of H-pyrrole nitrogens is 1. The monoisotopic (exact) mass is 490 g/mol. The summed E-state index contributed by atoms with van der Waals surface area (Å²) in [7, 11) is 0. The molecule has 3 aromatic heterocycles. The minimum absolute atomic E-state index is 0.739. The van der Waals surface area contributed by atoms with Crippen molar-refractivity contribution in [3.8, 4) is 16.9 Å². The molecule has 0 saturated heterocycles. The third kappa shape index (κ3) is 3.91. The average Bonchev–Trinajstić information content (AvgIpc) is 3.53. The van der Waals surface area contributed by atoms with E-state index >= 15 is 0 Å². The van der Waals surface area contributed by atoms with Gasteiger partial charge >= 0.3 is 0 Å². The van der Waals surface area contributed by atoms with Crippen molar-refractivity contribution in [3.63, 3.8) is 0 Å². The molecule has 6 nitrogen and oxygen atoms in total. The summed E-state index contributed by atoms with van der Waals surface area (Å²) in [6.07, 6.45) is 4.83. The minimum atomic E-state index is 0.739. The van der Waals surface area contributed by atoms with E-state index in [4.69, 9.17) is 15.1 Å². The summed E-state index contributed by atoms with van der Waals surface area (Å²) in [6, 6.07) is 15.4. The van der Waals surface area contributed by atoms with Gasteiger partial charge in [0.25, 0.3) is 0 Å². The molecule has 0 saturated carbocycles. The van der Waals surface area contributed by atoms with Crippen molar-refractivity contribution in [3.05, 3.63) is 88.0 Å². The first kappa shape index (κ1) is 23.5. The normalized spacial score (nSPS) is 13.4. The van der Waals surface area contributed by atoms with Crippen molar-refractivity contribution >= 4 is 16.9 Å². The third-order valence-electron chi connectivity index (χ3n) is 7.65. The standard InChI is InChI=1S/C31H34N6/c1-6-22-9-8-10-23(7-2)29(22)37-30(25-12-11-19(3)28-24(25)13-15-32-28)26-18-36(16-14-27(26)35-37)31-33-20(4)17-21(5)34-31/h8-13,15,17,32H,6-7,14,16,18H2,1-5H3. The quantitative estimate of drug-likeness (QED) is 0.309. The van der Waals surface area contributed by atoms with Crippen LogP contribution in [0.4, 0.5) is 5.95 Å². The smallest absolute Gasteiger partial charge is 0.226 e. The number of nitrogens with one attached hydrogen (secondary N) is 1. The van der Waals surface area contributed by atoms with Crippen LogP contribution in [0.5, 0.6) is 0 Å². The predicted molar refractivity (Wildman–Crippen MR) is 151 cm³/mol. The lowest BCUT2D eigenvalue weighted by Crippen LogP contribution is -2.32. The molecule has 0 radical (unpaired) electrons. The van der Waals surface area contributed by atoms with E-state index in [1.54, 1.807) is 0 Å². The third-order valence-corrected chi connectivity index (χ3v) is 7.65. The van der Waals surface area contributed by atoms with E-state index in [0.29, 0.717) is 0 Å². The van der Waals surface area contributed by atoms with E-state index in [2.05, 4.69) is 71.7 Å². The number of aryl methyl sites for hydroxylation is 5. The van der Waals surface area contributed by atoms with Crippen LogP contribution < -0.4 is 4.90 Å². The number of hydrogen-bond donors (Lipinski definition) is 1. The average molecular weight is 491 g/mol. The van der Waals surface area contributed by atoms with Crippen molar-refractivity contribution in [2.75, 3.05) is 11.4 Å². The van der Waals surface area contributed by atoms with Gasteiger partial charge in [0.1, 0.15) is 0 Å². The molecule has 4 heterocycles. The maximum atomic E-state index is 5.33. The van der Waals surface area contributed by atoms with Crippen LogP contribution in [0, 0.1) is 20.8 Å². The van der Waals surface area contributed by atoms with Gasteiger partial charge in [-0.1, -0.05) is 44.2 Å². The van der Waals surface area contributed by atoms with E-state index in [1.807, 2.05) is 26.1 Å². The maximum absolute atomic E-state index is 5.33. The molecular formula is C31H34N6. The van der Waals surface area contributed by atoms with Crippen LogP contribution in [0.15, 0.2) is 48.7 Å². The molecule has 37 heavy (non-hydrogen) atoms. The number of nitrogens with zero attached hydrogens (tertiary/aromatic N) is 5. The van der Waals surface area contributed by atoms with Crippen molar-refractivity contribution in [2.45, 2.75) is 60.4 Å². The zero-order valence-corrected chi connectivity index (χ0v) is 22.4. The molecule has 1 aliphatic rings. The molecule has 0 fully saturated rings. The Kier molecular flexibility index (Phi) is 5.82. The second kappa shape index (κ2) is 9.18. The second-order valence-corrected chi connectivity index (χ2v) is 10.1. The lowest BCUT2D eigenvalue weighted by molar-refractivity contribution is 0.691. The number of benzene rings is 2. The Morgan fingerprint density at radius 2 is 1.65 bits per heavy atom. The minimum Gasteiger partial charge on any atom is -0.361 e. The highest BCUT2D eigenvalue weighted by molar-refractivity contribution is 5.97. The fraction of sp³-hybridized carbons (Fsp3) is 0.323. The maximum Gasteiger partial charge on any atom is 0.226 e. The lowest BCUT2D eigenvalue weighted by atomic mass is 9.96. The summed E-state index contributed by atoms with van der Waals surface area (Å²) in [5, 5.41) is 6.56. The largest absolute Gasteiger partial charge is 0.361 e. The Bertz CT molecular complexity index is 1580. The number of fused-ring (bicyclic) bond motifs is 2. The van der Waals surface area contributed by atoms with E-state index < -0.39 is 0 Å². The Morgan fingerprint density at radius 1 is 0.919 bits per heavy atom. The summed E-state index contributed by atoms with van der Waals surface area (Å²) in [6.45, 7) is 12.3. The van der Waals surface area contributed by atoms with Crippen molar-refractivity contribution < 1.29 is 0 Å². The van der Waals surface area contributed by atoms with Crippen LogP contribution in [0.25, 0.3) is 27.8 Å². The van der Waals surface area contributed by atoms with Gasteiger partial charge in [-0.2, -0.15) is 5.10 Å². The molecule has 2 aromatic carbocycles. The number of rotatable bonds is 5. The number of para-hydroxylation sites is 1. The Labute approximate surface area is 218 Å². The Balaban J connectivity index is 1.61.